The van der Waals surface area contributed by atoms with Gasteiger partial charge in [0.25, 0.3) is 0 Å². The highest BCUT2D eigenvalue weighted by Crippen LogP contribution is 2.24. The number of nitrogens with one attached hydrogen (secondary N) is 1. The van der Waals surface area contributed by atoms with Crippen molar-refractivity contribution in [2.75, 3.05) is 5.32 Å². The zero-order valence-corrected chi connectivity index (χ0v) is 13.0. The summed E-state index contributed by atoms with van der Waals surface area (Å²) in [5.74, 6) is 0.143. The highest BCUT2D eigenvalue weighted by atomic mass is 79.9. The third-order valence-corrected chi connectivity index (χ3v) is 3.84. The van der Waals surface area contributed by atoms with Crippen molar-refractivity contribution in [3.8, 4) is 0 Å². The first-order valence-corrected chi connectivity index (χ1v) is 7.37. The van der Waals surface area contributed by atoms with E-state index in [9.17, 15) is 4.79 Å². The van der Waals surface area contributed by atoms with Crippen LogP contribution in [0, 0.1) is 5.92 Å². The number of carbonyl (C=O) groups excluding carboxylic acids is 1. The minimum absolute atomic E-state index is 0.0646. The van der Waals surface area contributed by atoms with E-state index in [-0.39, 0.29) is 11.8 Å². The lowest BCUT2D eigenvalue weighted by Gasteiger charge is -2.15. The molecule has 1 rings (SSSR count). The molecule has 0 saturated carbocycles. The molecule has 3 nitrogen and oxygen atoms in total. The second-order valence-electron chi connectivity index (χ2n) is 4.26. The summed E-state index contributed by atoms with van der Waals surface area (Å²) in [6.07, 6.45) is 5.44. The third kappa shape index (κ3) is 4.58. The molecule has 0 aliphatic carbocycles. The molecule has 1 aromatic heterocycles. The number of pyridine rings is 1. The lowest BCUT2D eigenvalue weighted by Crippen LogP contribution is -2.22. The van der Waals surface area contributed by atoms with Gasteiger partial charge in [-0.2, -0.15) is 0 Å². The number of carbonyl (C=O) groups is 1. The Hall–Kier alpha value is -0.610. The maximum atomic E-state index is 12.1. The zero-order valence-electron chi connectivity index (χ0n) is 10.7. The van der Waals surface area contributed by atoms with Crippen molar-refractivity contribution in [1.29, 1.82) is 0 Å². The van der Waals surface area contributed by atoms with Gasteiger partial charge in [0, 0.05) is 5.92 Å². The van der Waals surface area contributed by atoms with Gasteiger partial charge in [-0.15, -0.1) is 0 Å². The van der Waals surface area contributed by atoms with E-state index >= 15 is 0 Å². The van der Waals surface area contributed by atoms with Gasteiger partial charge in [0.15, 0.2) is 0 Å². The largest absolute Gasteiger partial charge is 0.324 e. The van der Waals surface area contributed by atoms with Crippen LogP contribution in [0.3, 0.4) is 0 Å². The summed E-state index contributed by atoms with van der Waals surface area (Å²) < 4.78 is 0.685. The summed E-state index contributed by atoms with van der Waals surface area (Å²) in [4.78, 5) is 16.1. The maximum Gasteiger partial charge on any atom is 0.227 e. The van der Waals surface area contributed by atoms with Crippen LogP contribution in [0.1, 0.15) is 39.5 Å². The molecule has 5 heteroatoms. The topological polar surface area (TPSA) is 42.0 Å². The van der Waals surface area contributed by atoms with Crippen molar-refractivity contribution in [1.82, 2.24) is 4.98 Å². The van der Waals surface area contributed by atoms with E-state index in [2.05, 4.69) is 40.1 Å². The number of amides is 1. The van der Waals surface area contributed by atoms with Gasteiger partial charge in [-0.3, -0.25) is 4.79 Å². The molecule has 0 aromatic carbocycles. The van der Waals surface area contributed by atoms with E-state index in [0.717, 1.165) is 25.7 Å². The molecule has 0 spiro atoms. The highest BCUT2D eigenvalue weighted by Gasteiger charge is 2.16. The Bertz CT molecular complexity index is 406. The fourth-order valence-electron chi connectivity index (χ4n) is 1.84. The molecule has 0 aliphatic heterocycles. The normalized spacial score (nSPS) is 10.7. The van der Waals surface area contributed by atoms with Gasteiger partial charge in [0.05, 0.1) is 16.4 Å². The Balaban J connectivity index is 2.69. The van der Waals surface area contributed by atoms with Gasteiger partial charge in [-0.1, -0.05) is 38.3 Å². The molecule has 18 heavy (non-hydrogen) atoms. The third-order valence-electron chi connectivity index (χ3n) is 2.71. The fourth-order valence-corrected chi connectivity index (χ4v) is 2.29. The molecule has 1 heterocycles. The van der Waals surface area contributed by atoms with Gasteiger partial charge in [0.2, 0.25) is 5.91 Å². The standard InChI is InChI=1S/C13H18BrClN2O/c1-3-5-9(6-4-2)13(18)17-10-7-11(14)12(15)16-8-10/h7-9H,3-6H2,1-2H3,(H,17,18). The predicted molar refractivity (Wildman–Crippen MR) is 78.9 cm³/mol. The number of halogens is 2. The summed E-state index contributed by atoms with van der Waals surface area (Å²) in [6, 6.07) is 1.77. The van der Waals surface area contributed by atoms with Gasteiger partial charge >= 0.3 is 0 Å². The van der Waals surface area contributed by atoms with Crippen molar-refractivity contribution in [3.63, 3.8) is 0 Å². The quantitative estimate of drug-likeness (QED) is 0.770. The molecule has 1 amide bonds. The number of hydrogen-bond acceptors (Lipinski definition) is 2. The molecular weight excluding hydrogens is 316 g/mol. The molecule has 0 radical (unpaired) electrons. The average molecular weight is 334 g/mol. The summed E-state index contributed by atoms with van der Waals surface area (Å²) in [7, 11) is 0. The van der Waals surface area contributed by atoms with Crippen molar-refractivity contribution >= 4 is 39.1 Å². The van der Waals surface area contributed by atoms with Gasteiger partial charge in [0.1, 0.15) is 5.15 Å². The first-order chi connectivity index (χ1) is 8.58. The van der Waals surface area contributed by atoms with Crippen LogP contribution in [0.2, 0.25) is 5.15 Å². The minimum Gasteiger partial charge on any atom is -0.324 e. The number of aromatic nitrogens is 1. The Morgan fingerprint density at radius 1 is 1.44 bits per heavy atom. The monoisotopic (exact) mass is 332 g/mol. The van der Waals surface area contributed by atoms with Gasteiger partial charge < -0.3 is 5.32 Å². The number of anilines is 1. The van der Waals surface area contributed by atoms with Gasteiger partial charge in [-0.25, -0.2) is 4.98 Å². The van der Waals surface area contributed by atoms with E-state index in [1.807, 2.05) is 0 Å². The van der Waals surface area contributed by atoms with Crippen LogP contribution in [0.25, 0.3) is 0 Å². The van der Waals surface area contributed by atoms with Crippen LogP contribution in [-0.4, -0.2) is 10.9 Å². The van der Waals surface area contributed by atoms with E-state index in [1.165, 1.54) is 0 Å². The smallest absolute Gasteiger partial charge is 0.227 e. The predicted octanol–water partition coefficient (Wildman–Crippen LogP) is 4.65. The molecular formula is C13H18BrClN2O. The summed E-state index contributed by atoms with van der Waals surface area (Å²) in [5.41, 5.74) is 0.675. The van der Waals surface area contributed by atoms with Crippen LogP contribution in [0.15, 0.2) is 16.7 Å². The molecule has 0 fully saturated rings. The zero-order chi connectivity index (χ0) is 13.5. The SMILES string of the molecule is CCCC(CCC)C(=O)Nc1cnc(Cl)c(Br)c1. The lowest BCUT2D eigenvalue weighted by atomic mass is 9.97. The minimum atomic E-state index is 0.0646. The van der Waals surface area contributed by atoms with E-state index in [1.54, 1.807) is 12.3 Å². The maximum absolute atomic E-state index is 12.1. The highest BCUT2D eigenvalue weighted by molar-refractivity contribution is 9.10. The number of nitrogens with zero attached hydrogens (tertiary/aromatic N) is 1. The first-order valence-electron chi connectivity index (χ1n) is 6.20. The summed E-state index contributed by atoms with van der Waals surface area (Å²) in [5, 5.41) is 3.28. The molecule has 0 atom stereocenters. The van der Waals surface area contributed by atoms with Crippen LogP contribution >= 0.6 is 27.5 Å². The molecule has 100 valence electrons. The van der Waals surface area contributed by atoms with E-state index < -0.39 is 0 Å². The van der Waals surface area contributed by atoms with Crippen LogP contribution in [0.4, 0.5) is 5.69 Å². The molecule has 1 N–H and O–H groups in total. The molecule has 1 aromatic rings. The Kier molecular flexibility index (Phi) is 6.65. The van der Waals surface area contributed by atoms with E-state index in [4.69, 9.17) is 11.6 Å². The number of hydrogen-bond donors (Lipinski definition) is 1. The average Bonchev–Trinajstić information content (AvgIpc) is 2.33. The summed E-state index contributed by atoms with van der Waals surface area (Å²) in [6.45, 7) is 4.19. The Labute approximate surface area is 121 Å². The number of rotatable bonds is 6. The molecule has 0 bridgehead atoms. The molecule has 0 saturated heterocycles. The fraction of sp³-hybridized carbons (Fsp3) is 0.538. The second-order valence-corrected chi connectivity index (χ2v) is 5.47. The van der Waals surface area contributed by atoms with Crippen molar-refractivity contribution in [2.24, 2.45) is 5.92 Å². The van der Waals surface area contributed by atoms with Crippen molar-refractivity contribution < 1.29 is 4.79 Å². The first kappa shape index (κ1) is 15.4. The molecule has 0 unspecified atom stereocenters. The van der Waals surface area contributed by atoms with Crippen molar-refractivity contribution in [2.45, 2.75) is 39.5 Å². The van der Waals surface area contributed by atoms with Crippen LogP contribution in [0.5, 0.6) is 0 Å². The Morgan fingerprint density at radius 3 is 2.56 bits per heavy atom. The Morgan fingerprint density at radius 2 is 2.06 bits per heavy atom. The van der Waals surface area contributed by atoms with Crippen molar-refractivity contribution in [3.05, 3.63) is 21.9 Å². The second kappa shape index (κ2) is 7.74. The molecule has 0 aliphatic rings. The van der Waals surface area contributed by atoms with Crippen LogP contribution < -0.4 is 5.32 Å². The van der Waals surface area contributed by atoms with Gasteiger partial charge in [-0.05, 0) is 34.8 Å². The lowest BCUT2D eigenvalue weighted by molar-refractivity contribution is -0.120. The van der Waals surface area contributed by atoms with Crippen LogP contribution in [-0.2, 0) is 4.79 Å². The summed E-state index contributed by atoms with van der Waals surface area (Å²) >= 11 is 9.10. The van der Waals surface area contributed by atoms with E-state index in [0.29, 0.717) is 15.3 Å².